The Morgan fingerprint density at radius 1 is 1.00 bits per heavy atom. The van der Waals surface area contributed by atoms with E-state index in [0.29, 0.717) is 6.42 Å². The highest BCUT2D eigenvalue weighted by Gasteiger charge is 2.23. The van der Waals surface area contributed by atoms with Crippen LogP contribution in [0.4, 0.5) is 0 Å². The zero-order valence-electron chi connectivity index (χ0n) is 14.5. The molecule has 8 heteroatoms. The quantitative estimate of drug-likeness (QED) is 0.364. The molecular formula is C16H29N3O5. The first-order valence-electron chi connectivity index (χ1n) is 8.38. The Bertz CT molecular complexity index is 439. The molecule has 0 aliphatic rings. The number of carboxylic acids is 1. The Balaban J connectivity index is 4.20. The van der Waals surface area contributed by atoms with Gasteiger partial charge >= 0.3 is 5.97 Å². The highest BCUT2D eigenvalue weighted by molar-refractivity contribution is 5.91. The number of hydrogen-bond acceptors (Lipinski definition) is 4. The second-order valence-electron chi connectivity index (χ2n) is 5.85. The fourth-order valence-electron chi connectivity index (χ4n) is 2.12. The summed E-state index contributed by atoms with van der Waals surface area (Å²) in [7, 11) is 0. The number of nitrogens with two attached hydrogens (primary N) is 1. The standard InChI is InChI=1S/C16H29N3O5/c1-3-4-5-6-7-8-13(20)18-11(2)16(24)19-12(15(17)23)9-10-14(21)22/h11-12H,3-10H2,1-2H3,(H2,17,23)(H,18,20)(H,19,24)(H,21,22)/t11-,12+/m0/s1. The summed E-state index contributed by atoms with van der Waals surface area (Å²) in [6.45, 7) is 3.61. The molecule has 2 atom stereocenters. The summed E-state index contributed by atoms with van der Waals surface area (Å²) >= 11 is 0. The van der Waals surface area contributed by atoms with Crippen molar-refractivity contribution in [2.45, 2.75) is 77.3 Å². The SMILES string of the molecule is CCCCCCCC(=O)N[C@@H](C)C(=O)N[C@H](CCC(=O)O)C(N)=O. The molecule has 0 heterocycles. The van der Waals surface area contributed by atoms with E-state index in [4.69, 9.17) is 10.8 Å². The zero-order chi connectivity index (χ0) is 18.5. The van der Waals surface area contributed by atoms with Crippen molar-refractivity contribution in [3.63, 3.8) is 0 Å². The van der Waals surface area contributed by atoms with E-state index in [1.807, 2.05) is 0 Å². The van der Waals surface area contributed by atoms with Crippen molar-refractivity contribution in [1.82, 2.24) is 10.6 Å². The van der Waals surface area contributed by atoms with Gasteiger partial charge in [0.2, 0.25) is 17.7 Å². The number of amides is 3. The van der Waals surface area contributed by atoms with Gasteiger partial charge in [-0.1, -0.05) is 32.6 Å². The highest BCUT2D eigenvalue weighted by atomic mass is 16.4. The van der Waals surface area contributed by atoms with Crippen molar-refractivity contribution in [3.05, 3.63) is 0 Å². The molecule has 0 fully saturated rings. The maximum atomic E-state index is 12.0. The second-order valence-corrected chi connectivity index (χ2v) is 5.85. The Hall–Kier alpha value is -2.12. The van der Waals surface area contributed by atoms with E-state index in [2.05, 4.69) is 17.6 Å². The number of carbonyl (C=O) groups excluding carboxylic acids is 3. The molecule has 0 rings (SSSR count). The van der Waals surface area contributed by atoms with Crippen LogP contribution in [0.1, 0.15) is 65.2 Å². The predicted octanol–water partition coefficient (Wildman–Crippen LogP) is 0.687. The summed E-state index contributed by atoms with van der Waals surface area (Å²) in [5, 5.41) is 13.6. The van der Waals surface area contributed by atoms with Gasteiger partial charge in [0.1, 0.15) is 12.1 Å². The molecule has 0 spiro atoms. The second kappa shape index (κ2) is 12.3. The molecule has 138 valence electrons. The third kappa shape index (κ3) is 10.6. The molecule has 0 bridgehead atoms. The van der Waals surface area contributed by atoms with Gasteiger partial charge < -0.3 is 21.5 Å². The number of aliphatic carboxylic acids is 1. The summed E-state index contributed by atoms with van der Waals surface area (Å²) < 4.78 is 0. The molecule has 0 radical (unpaired) electrons. The summed E-state index contributed by atoms with van der Waals surface area (Å²) in [5.74, 6) is -2.68. The topological polar surface area (TPSA) is 139 Å². The maximum Gasteiger partial charge on any atom is 0.303 e. The first kappa shape index (κ1) is 21.9. The first-order valence-corrected chi connectivity index (χ1v) is 8.38. The smallest absolute Gasteiger partial charge is 0.303 e. The third-order valence-electron chi connectivity index (χ3n) is 3.58. The Labute approximate surface area is 142 Å². The fourth-order valence-corrected chi connectivity index (χ4v) is 2.12. The molecule has 0 unspecified atom stereocenters. The van der Waals surface area contributed by atoms with Gasteiger partial charge in [-0.15, -0.1) is 0 Å². The summed E-state index contributed by atoms with van der Waals surface area (Å²) in [6, 6.07) is -1.89. The molecule has 0 aliphatic heterocycles. The van der Waals surface area contributed by atoms with Crippen molar-refractivity contribution in [1.29, 1.82) is 0 Å². The van der Waals surface area contributed by atoms with Gasteiger partial charge in [0.25, 0.3) is 0 Å². The summed E-state index contributed by atoms with van der Waals surface area (Å²) in [5.41, 5.74) is 5.14. The minimum atomic E-state index is -1.08. The number of carboxylic acid groups (broad SMARTS) is 1. The number of rotatable bonds is 13. The largest absolute Gasteiger partial charge is 0.481 e. The van der Waals surface area contributed by atoms with Gasteiger partial charge in [0.15, 0.2) is 0 Å². The molecule has 0 aromatic carbocycles. The van der Waals surface area contributed by atoms with Crippen LogP contribution in [0.15, 0.2) is 0 Å². The molecule has 0 aliphatic carbocycles. The number of carbonyl (C=O) groups is 4. The van der Waals surface area contributed by atoms with E-state index in [1.54, 1.807) is 0 Å². The van der Waals surface area contributed by atoms with Crippen LogP contribution in [-0.2, 0) is 19.2 Å². The fraction of sp³-hybridized carbons (Fsp3) is 0.750. The summed E-state index contributed by atoms with van der Waals surface area (Å²) in [6.07, 6.45) is 5.07. The average Bonchev–Trinajstić information content (AvgIpc) is 2.50. The Morgan fingerprint density at radius 3 is 2.17 bits per heavy atom. The number of nitrogens with one attached hydrogen (secondary N) is 2. The van der Waals surface area contributed by atoms with Crippen molar-refractivity contribution in [3.8, 4) is 0 Å². The van der Waals surface area contributed by atoms with Crippen LogP contribution in [0.5, 0.6) is 0 Å². The van der Waals surface area contributed by atoms with Gasteiger partial charge in [-0.2, -0.15) is 0 Å². The van der Waals surface area contributed by atoms with E-state index >= 15 is 0 Å². The van der Waals surface area contributed by atoms with Crippen molar-refractivity contribution >= 4 is 23.7 Å². The Kier molecular flexibility index (Phi) is 11.2. The highest BCUT2D eigenvalue weighted by Crippen LogP contribution is 2.05. The molecule has 5 N–H and O–H groups in total. The van der Waals surface area contributed by atoms with Gasteiger partial charge in [-0.25, -0.2) is 0 Å². The number of primary amides is 1. The normalized spacial score (nSPS) is 12.9. The van der Waals surface area contributed by atoms with E-state index in [9.17, 15) is 19.2 Å². The van der Waals surface area contributed by atoms with Gasteiger partial charge in [0, 0.05) is 12.8 Å². The lowest BCUT2D eigenvalue weighted by atomic mass is 10.1. The van der Waals surface area contributed by atoms with Crippen LogP contribution in [0.2, 0.25) is 0 Å². The van der Waals surface area contributed by atoms with E-state index < -0.39 is 29.9 Å². The summed E-state index contributed by atoms with van der Waals surface area (Å²) in [4.78, 5) is 45.5. The van der Waals surface area contributed by atoms with Crippen LogP contribution < -0.4 is 16.4 Å². The molecule has 3 amide bonds. The van der Waals surface area contributed by atoms with Gasteiger partial charge in [0.05, 0.1) is 0 Å². The number of hydrogen-bond donors (Lipinski definition) is 4. The Morgan fingerprint density at radius 2 is 1.62 bits per heavy atom. The zero-order valence-corrected chi connectivity index (χ0v) is 14.5. The van der Waals surface area contributed by atoms with E-state index in [1.165, 1.54) is 6.92 Å². The molecule has 0 aromatic rings. The van der Waals surface area contributed by atoms with Crippen molar-refractivity contribution < 1.29 is 24.3 Å². The van der Waals surface area contributed by atoms with Crippen LogP contribution in [-0.4, -0.2) is 40.9 Å². The minimum Gasteiger partial charge on any atom is -0.481 e. The monoisotopic (exact) mass is 343 g/mol. The molecule has 0 saturated heterocycles. The molecule has 8 nitrogen and oxygen atoms in total. The minimum absolute atomic E-state index is 0.0888. The van der Waals surface area contributed by atoms with Crippen LogP contribution in [0.3, 0.4) is 0 Å². The van der Waals surface area contributed by atoms with E-state index in [-0.39, 0.29) is 18.7 Å². The number of unbranched alkanes of at least 4 members (excludes halogenated alkanes) is 4. The molecule has 0 saturated carbocycles. The lowest BCUT2D eigenvalue weighted by Gasteiger charge is -2.19. The van der Waals surface area contributed by atoms with E-state index in [0.717, 1.165) is 32.1 Å². The predicted molar refractivity (Wildman–Crippen MR) is 89.0 cm³/mol. The van der Waals surface area contributed by atoms with Crippen LogP contribution in [0, 0.1) is 0 Å². The molecule has 24 heavy (non-hydrogen) atoms. The maximum absolute atomic E-state index is 12.0. The average molecular weight is 343 g/mol. The molecular weight excluding hydrogens is 314 g/mol. The van der Waals surface area contributed by atoms with Gasteiger partial charge in [-0.05, 0) is 19.8 Å². The third-order valence-corrected chi connectivity index (χ3v) is 3.58. The van der Waals surface area contributed by atoms with Crippen molar-refractivity contribution in [2.24, 2.45) is 5.73 Å². The van der Waals surface area contributed by atoms with Crippen molar-refractivity contribution in [2.75, 3.05) is 0 Å². The first-order chi connectivity index (χ1) is 11.3. The van der Waals surface area contributed by atoms with Crippen LogP contribution >= 0.6 is 0 Å². The molecule has 0 aromatic heterocycles. The van der Waals surface area contributed by atoms with Gasteiger partial charge in [-0.3, -0.25) is 19.2 Å². The lowest BCUT2D eigenvalue weighted by Crippen LogP contribution is -2.51. The lowest BCUT2D eigenvalue weighted by molar-refractivity contribution is -0.137. The van der Waals surface area contributed by atoms with Crippen LogP contribution in [0.25, 0.3) is 0 Å².